The van der Waals surface area contributed by atoms with Gasteiger partial charge in [0, 0.05) is 7.05 Å². The molecule has 0 bridgehead atoms. The molecule has 0 radical (unpaired) electrons. The predicted molar refractivity (Wildman–Crippen MR) is 88.6 cm³/mol. The average Bonchev–Trinajstić information content (AvgIpc) is 3.09. The maximum absolute atomic E-state index is 12.4. The summed E-state index contributed by atoms with van der Waals surface area (Å²) in [6, 6.07) is 3.61. The first-order chi connectivity index (χ1) is 11.0. The number of nitrogens with one attached hydrogen (secondary N) is 1. The van der Waals surface area contributed by atoms with Gasteiger partial charge in [0.25, 0.3) is 5.91 Å². The number of carbonyl (C=O) groups excluding carboxylic acids is 1. The molecule has 2 heterocycles. The Morgan fingerprint density at radius 1 is 1.26 bits per heavy atom. The van der Waals surface area contributed by atoms with Gasteiger partial charge in [-0.3, -0.25) is 14.8 Å². The van der Waals surface area contributed by atoms with Crippen molar-refractivity contribution in [2.45, 2.75) is 6.92 Å². The molecule has 8 heteroatoms. The quantitative estimate of drug-likeness (QED) is 0.794. The molecule has 3 rings (SSSR count). The number of nitrogens with zero attached hydrogens (tertiary/aromatic N) is 3. The fraction of sp³-hybridized carbons (Fsp3) is 0.267. The first-order valence-corrected chi connectivity index (χ1v) is 7.68. The van der Waals surface area contributed by atoms with Crippen molar-refractivity contribution in [3.63, 3.8) is 0 Å². The van der Waals surface area contributed by atoms with Crippen LogP contribution in [0.4, 0.5) is 5.13 Å². The average molecular weight is 332 g/mol. The number of carbonyl (C=O) groups is 1. The maximum Gasteiger partial charge on any atom is 0.275 e. The Morgan fingerprint density at radius 3 is 2.57 bits per heavy atom. The highest BCUT2D eigenvalue weighted by Gasteiger charge is 2.18. The number of fused-ring (bicyclic) bond motifs is 1. The Labute approximate surface area is 136 Å². The molecule has 0 atom stereocenters. The number of amides is 1. The molecular formula is C15H16N4O3S. The topological polar surface area (TPSA) is 78.3 Å². The summed E-state index contributed by atoms with van der Waals surface area (Å²) in [5.74, 6) is 1.07. The van der Waals surface area contributed by atoms with Gasteiger partial charge >= 0.3 is 0 Å². The maximum atomic E-state index is 12.4. The van der Waals surface area contributed by atoms with E-state index in [1.807, 2.05) is 13.0 Å². The van der Waals surface area contributed by atoms with E-state index in [1.54, 1.807) is 38.2 Å². The van der Waals surface area contributed by atoms with Crippen LogP contribution in [-0.4, -0.2) is 34.9 Å². The largest absolute Gasteiger partial charge is 0.495 e. The van der Waals surface area contributed by atoms with E-state index in [-0.39, 0.29) is 5.91 Å². The number of rotatable bonds is 4. The monoisotopic (exact) mass is 332 g/mol. The van der Waals surface area contributed by atoms with Crippen LogP contribution < -0.4 is 14.8 Å². The molecule has 2 aromatic heterocycles. The van der Waals surface area contributed by atoms with Crippen molar-refractivity contribution in [3.8, 4) is 11.5 Å². The molecule has 0 aliphatic heterocycles. The third-order valence-electron chi connectivity index (χ3n) is 3.47. The second kappa shape index (κ2) is 5.88. The zero-order valence-electron chi connectivity index (χ0n) is 13.2. The van der Waals surface area contributed by atoms with Crippen LogP contribution in [0.3, 0.4) is 0 Å². The van der Waals surface area contributed by atoms with Gasteiger partial charge in [0.1, 0.15) is 27.4 Å². The van der Waals surface area contributed by atoms with Crippen molar-refractivity contribution < 1.29 is 14.3 Å². The Balaban J connectivity index is 1.99. The third kappa shape index (κ3) is 2.61. The number of aromatic nitrogens is 3. The number of hydrogen-bond acceptors (Lipinski definition) is 6. The van der Waals surface area contributed by atoms with E-state index < -0.39 is 0 Å². The Hall–Kier alpha value is -2.61. The number of thiazole rings is 1. The Bertz CT molecular complexity index is 824. The number of ether oxygens (including phenoxy) is 2. The highest BCUT2D eigenvalue weighted by molar-refractivity contribution is 7.22. The molecule has 0 aliphatic rings. The standard InChI is InChI=1S/C15H16N4O3S/c1-8-7-16-19(2)12(8)14(20)18-15-17-11-9(21-3)5-6-10(22-4)13(11)23-15/h5-7H,1-4H3,(H,17,18,20). The third-order valence-corrected chi connectivity index (χ3v) is 4.45. The zero-order chi connectivity index (χ0) is 16.6. The van der Waals surface area contributed by atoms with E-state index in [0.29, 0.717) is 27.8 Å². The molecule has 1 amide bonds. The number of anilines is 1. The highest BCUT2D eigenvalue weighted by Crippen LogP contribution is 2.38. The lowest BCUT2D eigenvalue weighted by Crippen LogP contribution is -2.17. The van der Waals surface area contributed by atoms with Crippen LogP contribution in [0.5, 0.6) is 11.5 Å². The molecule has 0 aliphatic carbocycles. The highest BCUT2D eigenvalue weighted by atomic mass is 32.1. The molecule has 1 aromatic carbocycles. The van der Waals surface area contributed by atoms with Crippen LogP contribution >= 0.6 is 11.3 Å². The summed E-state index contributed by atoms with van der Waals surface area (Å²) >= 11 is 1.34. The molecule has 0 fully saturated rings. The lowest BCUT2D eigenvalue weighted by Gasteiger charge is -2.03. The summed E-state index contributed by atoms with van der Waals surface area (Å²) in [6.07, 6.45) is 1.65. The van der Waals surface area contributed by atoms with Gasteiger partial charge in [-0.15, -0.1) is 0 Å². The molecule has 0 saturated carbocycles. The van der Waals surface area contributed by atoms with Crippen LogP contribution in [0.2, 0.25) is 0 Å². The minimum Gasteiger partial charge on any atom is -0.495 e. The van der Waals surface area contributed by atoms with Crippen LogP contribution in [0.1, 0.15) is 16.1 Å². The van der Waals surface area contributed by atoms with Gasteiger partial charge in [0.15, 0.2) is 5.13 Å². The fourth-order valence-corrected chi connectivity index (χ4v) is 3.34. The fourth-order valence-electron chi connectivity index (χ4n) is 2.37. The van der Waals surface area contributed by atoms with E-state index in [4.69, 9.17) is 9.47 Å². The number of hydrogen-bond donors (Lipinski definition) is 1. The summed E-state index contributed by atoms with van der Waals surface area (Å²) in [5, 5.41) is 7.37. The van der Waals surface area contributed by atoms with E-state index in [2.05, 4.69) is 15.4 Å². The minimum absolute atomic E-state index is 0.250. The predicted octanol–water partition coefficient (Wildman–Crippen LogP) is 2.61. The van der Waals surface area contributed by atoms with Gasteiger partial charge in [-0.05, 0) is 24.6 Å². The first kappa shape index (κ1) is 15.3. The van der Waals surface area contributed by atoms with Crippen molar-refractivity contribution in [1.82, 2.24) is 14.8 Å². The molecule has 0 spiro atoms. The smallest absolute Gasteiger partial charge is 0.275 e. The van der Waals surface area contributed by atoms with E-state index in [9.17, 15) is 4.79 Å². The summed E-state index contributed by atoms with van der Waals surface area (Å²) in [7, 11) is 4.91. The van der Waals surface area contributed by atoms with Crippen LogP contribution in [0.25, 0.3) is 10.2 Å². The van der Waals surface area contributed by atoms with Crippen molar-refractivity contribution in [3.05, 3.63) is 29.6 Å². The van der Waals surface area contributed by atoms with Crippen LogP contribution in [0.15, 0.2) is 18.3 Å². The summed E-state index contributed by atoms with van der Waals surface area (Å²) in [5.41, 5.74) is 1.97. The van der Waals surface area contributed by atoms with E-state index >= 15 is 0 Å². The van der Waals surface area contributed by atoms with Crippen molar-refractivity contribution in [2.75, 3.05) is 19.5 Å². The lowest BCUT2D eigenvalue weighted by molar-refractivity contribution is 0.101. The zero-order valence-corrected chi connectivity index (χ0v) is 14.0. The van der Waals surface area contributed by atoms with Gasteiger partial charge in [0.2, 0.25) is 0 Å². The van der Waals surface area contributed by atoms with Gasteiger partial charge < -0.3 is 9.47 Å². The Kier molecular flexibility index (Phi) is 3.91. The molecule has 3 aromatic rings. The van der Waals surface area contributed by atoms with Crippen LogP contribution in [0, 0.1) is 6.92 Å². The van der Waals surface area contributed by atoms with Crippen molar-refractivity contribution in [1.29, 1.82) is 0 Å². The van der Waals surface area contributed by atoms with Crippen molar-refractivity contribution in [2.24, 2.45) is 7.05 Å². The SMILES string of the molecule is COc1ccc(OC)c2sc(NC(=O)c3c(C)cnn3C)nc12. The second-order valence-corrected chi connectivity index (χ2v) is 5.92. The molecule has 0 saturated heterocycles. The van der Waals surface area contributed by atoms with Crippen molar-refractivity contribution >= 4 is 32.6 Å². The molecule has 23 heavy (non-hydrogen) atoms. The normalized spacial score (nSPS) is 10.8. The Morgan fingerprint density at radius 2 is 1.96 bits per heavy atom. The first-order valence-electron chi connectivity index (χ1n) is 6.86. The molecular weight excluding hydrogens is 316 g/mol. The molecule has 7 nitrogen and oxygen atoms in total. The van der Waals surface area contributed by atoms with Gasteiger partial charge in [-0.25, -0.2) is 4.98 Å². The van der Waals surface area contributed by atoms with Crippen LogP contribution in [-0.2, 0) is 7.05 Å². The lowest BCUT2D eigenvalue weighted by atomic mass is 10.2. The molecule has 1 N–H and O–H groups in total. The summed E-state index contributed by atoms with van der Waals surface area (Å²) < 4.78 is 13.0. The number of benzene rings is 1. The second-order valence-electron chi connectivity index (χ2n) is 4.92. The van der Waals surface area contributed by atoms with E-state index in [0.717, 1.165) is 10.3 Å². The van der Waals surface area contributed by atoms with Gasteiger partial charge in [-0.2, -0.15) is 5.10 Å². The summed E-state index contributed by atoms with van der Waals surface area (Å²) in [6.45, 7) is 1.84. The number of methoxy groups -OCH3 is 2. The molecule has 0 unspecified atom stereocenters. The minimum atomic E-state index is -0.250. The summed E-state index contributed by atoms with van der Waals surface area (Å²) in [4.78, 5) is 16.9. The molecule has 120 valence electrons. The van der Waals surface area contributed by atoms with E-state index in [1.165, 1.54) is 11.3 Å². The van der Waals surface area contributed by atoms with Gasteiger partial charge in [0.05, 0.1) is 20.4 Å². The van der Waals surface area contributed by atoms with Gasteiger partial charge in [-0.1, -0.05) is 11.3 Å². The number of aryl methyl sites for hydroxylation is 2.